The van der Waals surface area contributed by atoms with E-state index in [0.717, 1.165) is 11.2 Å². The maximum atomic E-state index is 5.06. The van der Waals surface area contributed by atoms with Gasteiger partial charge in [-0.3, -0.25) is 0 Å². The van der Waals surface area contributed by atoms with Gasteiger partial charge in [0.25, 0.3) is 0 Å². The first-order chi connectivity index (χ1) is 8.85. The van der Waals surface area contributed by atoms with E-state index < -0.39 is 0 Å². The van der Waals surface area contributed by atoms with Crippen molar-refractivity contribution < 1.29 is 4.74 Å². The van der Waals surface area contributed by atoms with E-state index >= 15 is 0 Å². The summed E-state index contributed by atoms with van der Waals surface area (Å²) >= 11 is 0. The number of hydrogen-bond donors (Lipinski definition) is 2. The number of benzene rings is 1. The third-order valence-corrected chi connectivity index (χ3v) is 2.57. The van der Waals surface area contributed by atoms with Crippen molar-refractivity contribution in [2.24, 2.45) is 0 Å². The Kier molecular flexibility index (Phi) is 2.57. The summed E-state index contributed by atoms with van der Waals surface area (Å²) in [5, 5.41) is 3.18. The van der Waals surface area contributed by atoms with E-state index in [-0.39, 0.29) is 0 Å². The molecule has 3 aromatic rings. The predicted octanol–water partition coefficient (Wildman–Crippen LogP) is 2.71. The fourth-order valence-electron chi connectivity index (χ4n) is 1.71. The molecular weight excluding hydrogens is 228 g/mol. The van der Waals surface area contributed by atoms with E-state index in [1.54, 1.807) is 13.2 Å². The number of aromatic nitrogens is 3. The molecule has 0 aliphatic rings. The molecule has 0 unspecified atom stereocenters. The van der Waals surface area contributed by atoms with Crippen LogP contribution in [0.5, 0.6) is 5.88 Å². The third kappa shape index (κ3) is 1.98. The first-order valence-electron chi connectivity index (χ1n) is 5.58. The second-order valence-corrected chi connectivity index (χ2v) is 3.80. The molecule has 0 radical (unpaired) electrons. The molecule has 18 heavy (non-hydrogen) atoms. The summed E-state index contributed by atoms with van der Waals surface area (Å²) in [6, 6.07) is 13.5. The van der Waals surface area contributed by atoms with Crippen molar-refractivity contribution in [2.75, 3.05) is 12.4 Å². The summed E-state index contributed by atoms with van der Waals surface area (Å²) < 4.78 is 5.06. The van der Waals surface area contributed by atoms with Crippen molar-refractivity contribution in [3.8, 4) is 5.88 Å². The maximum Gasteiger partial charge on any atom is 0.215 e. The summed E-state index contributed by atoms with van der Waals surface area (Å²) in [4.78, 5) is 11.8. The second kappa shape index (κ2) is 4.37. The Morgan fingerprint density at radius 2 is 1.89 bits per heavy atom. The van der Waals surface area contributed by atoms with Gasteiger partial charge >= 0.3 is 0 Å². The molecule has 5 heteroatoms. The first-order valence-corrected chi connectivity index (χ1v) is 5.58. The number of nitrogens with one attached hydrogen (secondary N) is 2. The molecule has 0 spiro atoms. The number of aromatic amines is 1. The number of para-hydroxylation sites is 1. The van der Waals surface area contributed by atoms with E-state index in [1.165, 1.54) is 0 Å². The van der Waals surface area contributed by atoms with Gasteiger partial charge in [-0.2, -0.15) is 9.97 Å². The van der Waals surface area contributed by atoms with Crippen LogP contribution >= 0.6 is 0 Å². The average Bonchev–Trinajstić information content (AvgIpc) is 2.80. The largest absolute Gasteiger partial charge is 0.481 e. The summed E-state index contributed by atoms with van der Waals surface area (Å²) in [6.45, 7) is 0. The lowest BCUT2D eigenvalue weighted by Gasteiger charge is -2.00. The molecule has 0 aliphatic carbocycles. The van der Waals surface area contributed by atoms with Crippen molar-refractivity contribution >= 4 is 22.8 Å². The van der Waals surface area contributed by atoms with Crippen LogP contribution in [0.4, 0.5) is 11.6 Å². The SMILES string of the molecule is COc1ccc2[nH]c(Nc3ccccc3)nc2n1. The molecule has 0 saturated carbocycles. The fraction of sp³-hybridized carbons (Fsp3) is 0.0769. The number of imidazole rings is 1. The van der Waals surface area contributed by atoms with E-state index in [0.29, 0.717) is 17.5 Å². The van der Waals surface area contributed by atoms with Crippen LogP contribution in [-0.2, 0) is 0 Å². The Morgan fingerprint density at radius 1 is 1.06 bits per heavy atom. The topological polar surface area (TPSA) is 62.8 Å². The zero-order valence-corrected chi connectivity index (χ0v) is 9.84. The monoisotopic (exact) mass is 240 g/mol. The summed E-state index contributed by atoms with van der Waals surface area (Å²) in [6.07, 6.45) is 0. The molecule has 2 heterocycles. The van der Waals surface area contributed by atoms with Gasteiger partial charge < -0.3 is 15.0 Å². The van der Waals surface area contributed by atoms with Gasteiger partial charge in [0.2, 0.25) is 11.8 Å². The minimum absolute atomic E-state index is 0.556. The van der Waals surface area contributed by atoms with Gasteiger partial charge in [0, 0.05) is 11.8 Å². The highest BCUT2D eigenvalue weighted by molar-refractivity contribution is 5.75. The van der Waals surface area contributed by atoms with Gasteiger partial charge in [0.05, 0.1) is 12.6 Å². The van der Waals surface area contributed by atoms with Gasteiger partial charge in [0.15, 0.2) is 5.65 Å². The molecule has 5 nitrogen and oxygen atoms in total. The molecule has 1 aromatic carbocycles. The Hall–Kier alpha value is -2.56. The van der Waals surface area contributed by atoms with Crippen LogP contribution in [0.3, 0.4) is 0 Å². The number of H-pyrrole nitrogens is 1. The average molecular weight is 240 g/mol. The van der Waals surface area contributed by atoms with Crippen LogP contribution in [0.2, 0.25) is 0 Å². The molecule has 0 saturated heterocycles. The zero-order chi connectivity index (χ0) is 12.4. The highest BCUT2D eigenvalue weighted by Crippen LogP contribution is 2.18. The van der Waals surface area contributed by atoms with Crippen molar-refractivity contribution in [2.45, 2.75) is 0 Å². The normalized spacial score (nSPS) is 10.5. The van der Waals surface area contributed by atoms with Crippen LogP contribution in [0.25, 0.3) is 11.2 Å². The summed E-state index contributed by atoms with van der Waals surface area (Å²) in [5.41, 5.74) is 2.48. The van der Waals surface area contributed by atoms with Gasteiger partial charge in [0.1, 0.15) is 0 Å². The molecule has 0 bridgehead atoms. The van der Waals surface area contributed by atoms with Crippen molar-refractivity contribution in [3.63, 3.8) is 0 Å². The van der Waals surface area contributed by atoms with Crippen LogP contribution in [0.15, 0.2) is 42.5 Å². The van der Waals surface area contributed by atoms with Crippen LogP contribution in [0, 0.1) is 0 Å². The van der Waals surface area contributed by atoms with Gasteiger partial charge in [-0.25, -0.2) is 0 Å². The Morgan fingerprint density at radius 3 is 2.67 bits per heavy atom. The predicted molar refractivity (Wildman–Crippen MR) is 70.2 cm³/mol. The minimum Gasteiger partial charge on any atom is -0.481 e. The smallest absolute Gasteiger partial charge is 0.215 e. The Balaban J connectivity index is 1.94. The van der Waals surface area contributed by atoms with Crippen molar-refractivity contribution in [3.05, 3.63) is 42.5 Å². The number of anilines is 2. The van der Waals surface area contributed by atoms with Gasteiger partial charge in [-0.05, 0) is 18.2 Å². The number of ether oxygens (including phenoxy) is 1. The fourth-order valence-corrected chi connectivity index (χ4v) is 1.71. The van der Waals surface area contributed by atoms with Crippen LogP contribution in [0.1, 0.15) is 0 Å². The molecule has 0 amide bonds. The van der Waals surface area contributed by atoms with Crippen LogP contribution in [-0.4, -0.2) is 22.1 Å². The number of rotatable bonds is 3. The maximum absolute atomic E-state index is 5.06. The van der Waals surface area contributed by atoms with E-state index in [1.807, 2.05) is 36.4 Å². The first kappa shape index (κ1) is 10.6. The zero-order valence-electron chi connectivity index (χ0n) is 9.84. The molecule has 2 N–H and O–H groups in total. The molecule has 0 aliphatic heterocycles. The van der Waals surface area contributed by atoms with E-state index in [4.69, 9.17) is 4.74 Å². The summed E-state index contributed by atoms with van der Waals surface area (Å²) in [7, 11) is 1.59. The van der Waals surface area contributed by atoms with Crippen molar-refractivity contribution in [1.82, 2.24) is 15.0 Å². The standard InChI is InChI=1S/C13H12N4O/c1-18-11-8-7-10-12(16-11)17-13(15-10)14-9-5-3-2-4-6-9/h2-8H,1H3,(H2,14,15,16,17). The lowest BCUT2D eigenvalue weighted by Crippen LogP contribution is -1.91. The Bertz CT molecular complexity index is 663. The minimum atomic E-state index is 0.556. The molecule has 90 valence electrons. The number of fused-ring (bicyclic) bond motifs is 1. The van der Waals surface area contributed by atoms with Gasteiger partial charge in [-0.1, -0.05) is 18.2 Å². The number of pyridine rings is 1. The molecular formula is C13H12N4O. The molecule has 3 rings (SSSR count). The van der Waals surface area contributed by atoms with E-state index in [2.05, 4.69) is 20.3 Å². The third-order valence-electron chi connectivity index (χ3n) is 2.57. The lowest BCUT2D eigenvalue weighted by molar-refractivity contribution is 0.399. The number of methoxy groups -OCH3 is 1. The lowest BCUT2D eigenvalue weighted by atomic mass is 10.3. The second-order valence-electron chi connectivity index (χ2n) is 3.80. The number of nitrogens with zero attached hydrogens (tertiary/aromatic N) is 2. The Labute approximate surface area is 104 Å². The van der Waals surface area contributed by atoms with Crippen molar-refractivity contribution in [1.29, 1.82) is 0 Å². The van der Waals surface area contributed by atoms with E-state index in [9.17, 15) is 0 Å². The molecule has 2 aromatic heterocycles. The highest BCUT2D eigenvalue weighted by atomic mass is 16.5. The van der Waals surface area contributed by atoms with Gasteiger partial charge in [-0.15, -0.1) is 0 Å². The number of hydrogen-bond acceptors (Lipinski definition) is 4. The highest BCUT2D eigenvalue weighted by Gasteiger charge is 2.05. The molecule has 0 atom stereocenters. The van der Waals surface area contributed by atoms with Crippen LogP contribution < -0.4 is 10.1 Å². The summed E-state index contributed by atoms with van der Waals surface area (Å²) in [5.74, 6) is 1.22. The molecule has 0 fully saturated rings. The quantitative estimate of drug-likeness (QED) is 0.738.